The monoisotopic (exact) mass is 429 g/mol. The summed E-state index contributed by atoms with van der Waals surface area (Å²) in [6.45, 7) is 15.8. The van der Waals surface area contributed by atoms with Crippen molar-refractivity contribution in [3.8, 4) is 11.3 Å². The molecule has 0 spiro atoms. The fourth-order valence-corrected chi connectivity index (χ4v) is 5.16. The molecule has 32 heavy (non-hydrogen) atoms. The quantitative estimate of drug-likeness (QED) is 0.293. The molecule has 2 heterocycles. The molecule has 2 nitrogen and oxygen atoms in total. The lowest BCUT2D eigenvalue weighted by Gasteiger charge is -2.36. The Labute approximate surface area is 196 Å². The van der Waals surface area contributed by atoms with Crippen LogP contribution in [0.1, 0.15) is 71.4 Å². The molecule has 0 saturated heterocycles. The van der Waals surface area contributed by atoms with E-state index in [1.807, 2.05) is 0 Å². The van der Waals surface area contributed by atoms with Gasteiger partial charge in [-0.05, 0) is 56.7 Å². The van der Waals surface area contributed by atoms with Crippen LogP contribution in [0.4, 0.5) is 0 Å². The summed E-state index contributed by atoms with van der Waals surface area (Å²) in [7, 11) is 2.16. The highest BCUT2D eigenvalue weighted by Gasteiger charge is 2.42. The molecule has 4 unspecified atom stereocenters. The van der Waals surface area contributed by atoms with Gasteiger partial charge in [0.2, 0.25) is 5.69 Å². The molecule has 0 saturated carbocycles. The van der Waals surface area contributed by atoms with Gasteiger partial charge in [0.25, 0.3) is 0 Å². The van der Waals surface area contributed by atoms with Crippen LogP contribution in [0.5, 0.6) is 0 Å². The molecule has 170 valence electrons. The zero-order valence-electron chi connectivity index (χ0n) is 20.9. The molecule has 0 N–H and O–H groups in total. The molecule has 0 radical (unpaired) electrons. The SMILES string of the molecule is C=C(C1c2ccccc2-c2cccc[n+]2C1CCC(/C=C\C)C(C)CC)N(C)/C(C)=C\C. The predicted octanol–water partition coefficient (Wildman–Crippen LogP) is 7.67. The van der Waals surface area contributed by atoms with Crippen LogP contribution in [0.2, 0.25) is 0 Å². The second-order valence-corrected chi connectivity index (χ2v) is 9.26. The second kappa shape index (κ2) is 10.8. The van der Waals surface area contributed by atoms with E-state index in [-0.39, 0.29) is 5.92 Å². The minimum Gasteiger partial charge on any atom is -0.352 e. The summed E-state index contributed by atoms with van der Waals surface area (Å²) in [5.41, 5.74) is 6.45. The van der Waals surface area contributed by atoms with Crippen LogP contribution in [0.3, 0.4) is 0 Å². The number of hydrogen-bond acceptors (Lipinski definition) is 1. The predicted molar refractivity (Wildman–Crippen MR) is 137 cm³/mol. The van der Waals surface area contributed by atoms with Crippen LogP contribution in [0.15, 0.2) is 84.9 Å². The molecule has 2 heteroatoms. The van der Waals surface area contributed by atoms with E-state index < -0.39 is 0 Å². The van der Waals surface area contributed by atoms with Gasteiger partial charge in [-0.25, -0.2) is 0 Å². The number of fused-ring (bicyclic) bond motifs is 3. The Kier molecular flexibility index (Phi) is 8.12. The Hall–Kier alpha value is -2.61. The van der Waals surface area contributed by atoms with Gasteiger partial charge in [0.05, 0.1) is 11.5 Å². The zero-order valence-corrected chi connectivity index (χ0v) is 20.9. The van der Waals surface area contributed by atoms with E-state index in [0.717, 1.165) is 6.42 Å². The Balaban J connectivity index is 2.07. The van der Waals surface area contributed by atoms with Crippen LogP contribution in [-0.2, 0) is 0 Å². The van der Waals surface area contributed by atoms with Gasteiger partial charge in [0, 0.05) is 37.0 Å². The number of allylic oxidation sites excluding steroid dienone is 5. The lowest BCUT2D eigenvalue weighted by Crippen LogP contribution is -2.48. The zero-order chi connectivity index (χ0) is 23.3. The van der Waals surface area contributed by atoms with Crippen molar-refractivity contribution in [2.45, 2.75) is 65.8 Å². The van der Waals surface area contributed by atoms with Gasteiger partial charge in [0.1, 0.15) is 0 Å². The summed E-state index contributed by atoms with van der Waals surface area (Å²) < 4.78 is 2.51. The van der Waals surface area contributed by atoms with E-state index in [2.05, 4.69) is 125 Å². The molecule has 0 fully saturated rings. The number of hydrogen-bond donors (Lipinski definition) is 0. The molecular weight excluding hydrogens is 388 g/mol. The van der Waals surface area contributed by atoms with Gasteiger partial charge in [-0.2, -0.15) is 4.57 Å². The van der Waals surface area contributed by atoms with Crippen molar-refractivity contribution < 1.29 is 4.57 Å². The third kappa shape index (κ3) is 4.75. The first-order chi connectivity index (χ1) is 15.4. The molecule has 0 aliphatic carbocycles. The average molecular weight is 430 g/mol. The second-order valence-electron chi connectivity index (χ2n) is 9.26. The summed E-state index contributed by atoms with van der Waals surface area (Å²) in [5.74, 6) is 1.55. The van der Waals surface area contributed by atoms with Gasteiger partial charge in [0.15, 0.2) is 12.2 Å². The van der Waals surface area contributed by atoms with Crippen molar-refractivity contribution in [2.75, 3.05) is 7.05 Å². The molecule has 1 aliphatic rings. The van der Waals surface area contributed by atoms with Gasteiger partial charge in [-0.15, -0.1) is 0 Å². The minimum atomic E-state index is 0.245. The first kappa shape index (κ1) is 24.0. The van der Waals surface area contributed by atoms with Crippen molar-refractivity contribution in [1.82, 2.24) is 4.90 Å². The number of benzene rings is 1. The van der Waals surface area contributed by atoms with Crippen LogP contribution in [0.25, 0.3) is 11.3 Å². The van der Waals surface area contributed by atoms with Crippen molar-refractivity contribution in [2.24, 2.45) is 11.8 Å². The topological polar surface area (TPSA) is 7.12 Å². The smallest absolute Gasteiger partial charge is 0.213 e. The molecule has 2 aromatic rings. The molecule has 1 aliphatic heterocycles. The van der Waals surface area contributed by atoms with E-state index in [0.29, 0.717) is 17.9 Å². The number of rotatable bonds is 9. The molecular formula is C30H41N2+. The normalized spacial score (nSPS) is 19.9. The summed E-state index contributed by atoms with van der Waals surface area (Å²) >= 11 is 0. The van der Waals surface area contributed by atoms with Gasteiger partial charge in [-0.3, -0.25) is 0 Å². The highest BCUT2D eigenvalue weighted by molar-refractivity contribution is 5.64. The van der Waals surface area contributed by atoms with Crippen LogP contribution >= 0.6 is 0 Å². The molecule has 4 atom stereocenters. The van der Waals surface area contributed by atoms with Crippen molar-refractivity contribution in [1.29, 1.82) is 0 Å². The van der Waals surface area contributed by atoms with E-state index in [9.17, 15) is 0 Å². The molecule has 1 aromatic carbocycles. The highest BCUT2D eigenvalue weighted by atomic mass is 15.1. The number of aromatic nitrogens is 1. The Morgan fingerprint density at radius 3 is 2.56 bits per heavy atom. The first-order valence-corrected chi connectivity index (χ1v) is 12.2. The van der Waals surface area contributed by atoms with Crippen molar-refractivity contribution >= 4 is 0 Å². The van der Waals surface area contributed by atoms with E-state index in [1.165, 1.54) is 41.1 Å². The molecule has 0 bridgehead atoms. The summed E-state index contributed by atoms with van der Waals surface area (Å²) in [4.78, 5) is 2.28. The maximum atomic E-state index is 4.64. The highest BCUT2D eigenvalue weighted by Crippen LogP contribution is 2.45. The average Bonchev–Trinajstić information content (AvgIpc) is 2.84. The lowest BCUT2D eigenvalue weighted by molar-refractivity contribution is -0.718. The maximum absolute atomic E-state index is 4.64. The van der Waals surface area contributed by atoms with Crippen molar-refractivity contribution in [3.05, 3.63) is 90.4 Å². The van der Waals surface area contributed by atoms with Crippen LogP contribution in [-0.4, -0.2) is 11.9 Å². The van der Waals surface area contributed by atoms with Crippen molar-refractivity contribution in [3.63, 3.8) is 0 Å². The first-order valence-electron chi connectivity index (χ1n) is 12.2. The van der Waals surface area contributed by atoms with Gasteiger partial charge in [-0.1, -0.05) is 63.3 Å². The fraction of sp³-hybridized carbons (Fsp3) is 0.433. The molecule has 3 rings (SSSR count). The number of likely N-dealkylation sites (N-methyl/N-ethyl adjacent to an activating group) is 1. The van der Waals surface area contributed by atoms with Crippen LogP contribution < -0.4 is 4.57 Å². The Morgan fingerprint density at radius 1 is 1.16 bits per heavy atom. The fourth-order valence-electron chi connectivity index (χ4n) is 5.16. The van der Waals surface area contributed by atoms with Gasteiger partial charge >= 0.3 is 0 Å². The molecule has 1 aromatic heterocycles. The summed E-state index contributed by atoms with van der Waals surface area (Å²) in [5, 5.41) is 0. The molecule has 0 amide bonds. The third-order valence-electron chi connectivity index (χ3n) is 7.55. The maximum Gasteiger partial charge on any atom is 0.213 e. The van der Waals surface area contributed by atoms with E-state index in [4.69, 9.17) is 0 Å². The number of pyridine rings is 1. The van der Waals surface area contributed by atoms with E-state index >= 15 is 0 Å². The number of nitrogens with zero attached hydrogens (tertiary/aromatic N) is 2. The standard InChI is InChI=1S/C30H41N2/c1-8-15-25(22(4)9-2)19-20-29-30(24(6)31(7)23(5)10-3)27-17-12-11-16-26(27)28-18-13-14-21-32(28)29/h8,10-18,21-22,25,29-30H,6,9,19-20H2,1-5,7H3/q+1/b15-8-,23-10-. The third-order valence-corrected chi connectivity index (χ3v) is 7.55. The Bertz CT molecular complexity index is 984. The Morgan fingerprint density at radius 2 is 1.88 bits per heavy atom. The largest absolute Gasteiger partial charge is 0.352 e. The van der Waals surface area contributed by atoms with E-state index in [1.54, 1.807) is 0 Å². The van der Waals surface area contributed by atoms with Crippen LogP contribution in [0, 0.1) is 11.8 Å². The lowest BCUT2D eigenvalue weighted by atomic mass is 9.77. The minimum absolute atomic E-state index is 0.245. The summed E-state index contributed by atoms with van der Waals surface area (Å²) in [6, 6.07) is 15.9. The summed E-state index contributed by atoms with van der Waals surface area (Å²) in [6.07, 6.45) is 12.6. The van der Waals surface area contributed by atoms with Gasteiger partial charge < -0.3 is 4.90 Å².